The fraction of sp³-hybridized carbons (Fsp3) is 1.00. The van der Waals surface area contributed by atoms with Crippen molar-refractivity contribution in [1.29, 1.82) is 0 Å². The fourth-order valence-corrected chi connectivity index (χ4v) is 1.77. The standard InChI is InChI=1S/C9H19NO2/c1-6(2)10-7-4-3-5-8(11)9(7)12/h6-12H,3-5H2,1-2H3/t7-,8-,9+/m0/s1. The number of aliphatic hydroxyl groups is 2. The van der Waals surface area contributed by atoms with Crippen LogP contribution in [0.1, 0.15) is 33.1 Å². The lowest BCUT2D eigenvalue weighted by Crippen LogP contribution is -2.51. The Morgan fingerprint density at radius 1 is 1.25 bits per heavy atom. The van der Waals surface area contributed by atoms with Crippen LogP contribution in [0, 0.1) is 0 Å². The van der Waals surface area contributed by atoms with E-state index in [1.165, 1.54) is 0 Å². The molecule has 1 saturated carbocycles. The van der Waals surface area contributed by atoms with Crippen molar-refractivity contribution in [2.45, 2.75) is 57.4 Å². The third-order valence-corrected chi connectivity index (χ3v) is 2.37. The summed E-state index contributed by atoms with van der Waals surface area (Å²) in [6.07, 6.45) is 1.59. The van der Waals surface area contributed by atoms with Gasteiger partial charge in [-0.1, -0.05) is 13.8 Å². The normalized spacial score (nSPS) is 37.2. The summed E-state index contributed by atoms with van der Waals surface area (Å²) >= 11 is 0. The van der Waals surface area contributed by atoms with Crippen LogP contribution in [0.5, 0.6) is 0 Å². The lowest BCUT2D eigenvalue weighted by molar-refractivity contribution is -0.0309. The van der Waals surface area contributed by atoms with Gasteiger partial charge >= 0.3 is 0 Å². The quantitative estimate of drug-likeness (QED) is 0.561. The van der Waals surface area contributed by atoms with Gasteiger partial charge in [0, 0.05) is 12.1 Å². The zero-order valence-electron chi connectivity index (χ0n) is 7.83. The monoisotopic (exact) mass is 173 g/mol. The van der Waals surface area contributed by atoms with Gasteiger partial charge in [0.1, 0.15) is 0 Å². The molecule has 0 aliphatic heterocycles. The minimum Gasteiger partial charge on any atom is -0.390 e. The molecule has 3 N–H and O–H groups in total. The second kappa shape index (κ2) is 4.21. The van der Waals surface area contributed by atoms with Crippen molar-refractivity contribution in [3.8, 4) is 0 Å². The molecule has 72 valence electrons. The van der Waals surface area contributed by atoms with Crippen LogP contribution in [0.3, 0.4) is 0 Å². The molecule has 0 bridgehead atoms. The summed E-state index contributed by atoms with van der Waals surface area (Å²) in [7, 11) is 0. The smallest absolute Gasteiger partial charge is 0.0951 e. The molecule has 0 radical (unpaired) electrons. The molecule has 0 aromatic carbocycles. The first-order valence-electron chi connectivity index (χ1n) is 4.73. The van der Waals surface area contributed by atoms with Crippen molar-refractivity contribution >= 4 is 0 Å². The van der Waals surface area contributed by atoms with E-state index in [4.69, 9.17) is 0 Å². The van der Waals surface area contributed by atoms with E-state index in [9.17, 15) is 10.2 Å². The Hall–Kier alpha value is -0.120. The molecule has 0 spiro atoms. The first-order valence-corrected chi connectivity index (χ1v) is 4.73. The Morgan fingerprint density at radius 3 is 2.50 bits per heavy atom. The summed E-state index contributed by atoms with van der Waals surface area (Å²) < 4.78 is 0. The molecule has 0 aromatic rings. The molecule has 3 nitrogen and oxygen atoms in total. The van der Waals surface area contributed by atoms with Gasteiger partial charge in [-0.15, -0.1) is 0 Å². The molecule has 1 rings (SSSR count). The largest absolute Gasteiger partial charge is 0.390 e. The zero-order chi connectivity index (χ0) is 9.14. The molecule has 3 heteroatoms. The molecule has 12 heavy (non-hydrogen) atoms. The average Bonchev–Trinajstić information content (AvgIpc) is 1.98. The Labute approximate surface area is 73.8 Å². The van der Waals surface area contributed by atoms with Gasteiger partial charge in [-0.25, -0.2) is 0 Å². The topological polar surface area (TPSA) is 52.5 Å². The number of hydrogen-bond acceptors (Lipinski definition) is 3. The van der Waals surface area contributed by atoms with Gasteiger partial charge in [0.2, 0.25) is 0 Å². The molecule has 0 amide bonds. The van der Waals surface area contributed by atoms with Gasteiger partial charge in [-0.05, 0) is 19.3 Å². The summed E-state index contributed by atoms with van der Waals surface area (Å²) in [5.41, 5.74) is 0. The van der Waals surface area contributed by atoms with Crippen LogP contribution in [0.25, 0.3) is 0 Å². The molecule has 0 saturated heterocycles. The minimum absolute atomic E-state index is 0.0775. The van der Waals surface area contributed by atoms with Crippen molar-refractivity contribution in [2.24, 2.45) is 0 Å². The maximum absolute atomic E-state index is 9.57. The predicted molar refractivity (Wildman–Crippen MR) is 47.9 cm³/mol. The van der Waals surface area contributed by atoms with E-state index in [1.54, 1.807) is 0 Å². The number of nitrogens with one attached hydrogen (secondary N) is 1. The molecule has 0 unspecified atom stereocenters. The summed E-state index contributed by atoms with van der Waals surface area (Å²) in [4.78, 5) is 0. The minimum atomic E-state index is -0.582. The summed E-state index contributed by atoms with van der Waals surface area (Å²) in [6, 6.07) is 0.448. The molecule has 0 aromatic heterocycles. The van der Waals surface area contributed by atoms with Gasteiger partial charge < -0.3 is 15.5 Å². The lowest BCUT2D eigenvalue weighted by atomic mass is 9.90. The average molecular weight is 173 g/mol. The number of hydrogen-bond donors (Lipinski definition) is 3. The van der Waals surface area contributed by atoms with Crippen LogP contribution < -0.4 is 5.32 Å². The van der Waals surface area contributed by atoms with E-state index in [0.29, 0.717) is 6.04 Å². The lowest BCUT2D eigenvalue weighted by Gasteiger charge is -2.33. The van der Waals surface area contributed by atoms with Crippen molar-refractivity contribution in [1.82, 2.24) is 5.32 Å². The molecule has 1 aliphatic rings. The van der Waals surface area contributed by atoms with Crippen molar-refractivity contribution < 1.29 is 10.2 Å². The van der Waals surface area contributed by atoms with Crippen LogP contribution in [-0.4, -0.2) is 34.5 Å². The second-order valence-electron chi connectivity index (χ2n) is 3.92. The van der Waals surface area contributed by atoms with E-state index in [2.05, 4.69) is 5.32 Å². The van der Waals surface area contributed by atoms with Crippen molar-refractivity contribution in [2.75, 3.05) is 0 Å². The van der Waals surface area contributed by atoms with Gasteiger partial charge in [0.05, 0.1) is 12.2 Å². The third-order valence-electron chi connectivity index (χ3n) is 2.37. The van der Waals surface area contributed by atoms with Crippen molar-refractivity contribution in [3.63, 3.8) is 0 Å². The van der Waals surface area contributed by atoms with Gasteiger partial charge in [0.25, 0.3) is 0 Å². The maximum atomic E-state index is 9.57. The number of rotatable bonds is 2. The predicted octanol–water partition coefficient (Wildman–Crippen LogP) is 0.259. The van der Waals surface area contributed by atoms with Crippen LogP contribution in [0.15, 0.2) is 0 Å². The first-order chi connectivity index (χ1) is 5.61. The summed E-state index contributed by atoms with van der Waals surface area (Å²) in [5, 5.41) is 22.2. The van der Waals surface area contributed by atoms with E-state index in [0.717, 1.165) is 19.3 Å². The SMILES string of the molecule is CC(C)N[C@H]1CCC[C@H](O)[C@@H]1O. The first kappa shape index (κ1) is 9.96. The van der Waals surface area contributed by atoms with Crippen LogP contribution in [0.2, 0.25) is 0 Å². The molecular formula is C9H19NO2. The van der Waals surface area contributed by atoms with Gasteiger partial charge in [0.15, 0.2) is 0 Å². The highest BCUT2D eigenvalue weighted by molar-refractivity contribution is 4.87. The molecule has 0 heterocycles. The summed E-state index contributed by atoms with van der Waals surface area (Å²) in [5.74, 6) is 0. The Morgan fingerprint density at radius 2 is 1.92 bits per heavy atom. The number of aliphatic hydroxyl groups excluding tert-OH is 2. The molecule has 1 fully saturated rings. The van der Waals surface area contributed by atoms with Gasteiger partial charge in [-0.3, -0.25) is 0 Å². The molecule has 3 atom stereocenters. The molecular weight excluding hydrogens is 154 g/mol. The summed E-state index contributed by atoms with van der Waals surface area (Å²) in [6.45, 7) is 4.10. The van der Waals surface area contributed by atoms with E-state index in [-0.39, 0.29) is 6.04 Å². The zero-order valence-corrected chi connectivity index (χ0v) is 7.83. The second-order valence-corrected chi connectivity index (χ2v) is 3.92. The van der Waals surface area contributed by atoms with Crippen LogP contribution in [-0.2, 0) is 0 Å². The van der Waals surface area contributed by atoms with E-state index >= 15 is 0 Å². The Kier molecular flexibility index (Phi) is 3.50. The third kappa shape index (κ3) is 2.44. The van der Waals surface area contributed by atoms with Crippen LogP contribution in [0.4, 0.5) is 0 Å². The van der Waals surface area contributed by atoms with E-state index in [1.807, 2.05) is 13.8 Å². The molecule has 1 aliphatic carbocycles. The highest BCUT2D eigenvalue weighted by Crippen LogP contribution is 2.19. The van der Waals surface area contributed by atoms with E-state index < -0.39 is 12.2 Å². The maximum Gasteiger partial charge on any atom is 0.0951 e. The van der Waals surface area contributed by atoms with Crippen molar-refractivity contribution in [3.05, 3.63) is 0 Å². The Balaban J connectivity index is 2.41. The fourth-order valence-electron chi connectivity index (χ4n) is 1.77. The van der Waals surface area contributed by atoms with Gasteiger partial charge in [-0.2, -0.15) is 0 Å². The Bertz CT molecular complexity index is 138. The highest BCUT2D eigenvalue weighted by Gasteiger charge is 2.30. The highest BCUT2D eigenvalue weighted by atomic mass is 16.3. The van der Waals surface area contributed by atoms with Crippen LogP contribution >= 0.6 is 0 Å².